The third kappa shape index (κ3) is 1.27. The first kappa shape index (κ1) is 8.76. The Hall–Kier alpha value is -0.823. The molecular weight excluding hydrogens is 172 g/mol. The molecule has 13 heavy (non-hydrogen) atoms. The number of benzene rings is 1. The average Bonchev–Trinajstić information content (AvgIpc) is 2.32. The van der Waals surface area contributed by atoms with E-state index in [1.807, 2.05) is 0 Å². The van der Waals surface area contributed by atoms with Gasteiger partial charge < -0.3 is 0 Å². The van der Waals surface area contributed by atoms with Crippen molar-refractivity contribution in [2.75, 3.05) is 0 Å². The zero-order chi connectivity index (χ0) is 9.59. The highest BCUT2D eigenvalue weighted by atomic mass is 28.1. The number of aryl methyl sites for hydroxylation is 2. The molecule has 1 aromatic rings. The van der Waals surface area contributed by atoms with Crippen molar-refractivity contribution in [3.05, 3.63) is 40.0 Å². The van der Waals surface area contributed by atoms with Gasteiger partial charge in [0, 0.05) is 10.2 Å². The Morgan fingerprint density at radius 2 is 1.69 bits per heavy atom. The fourth-order valence-electron chi connectivity index (χ4n) is 1.98. The van der Waals surface area contributed by atoms with E-state index in [4.69, 9.17) is 0 Å². The first-order chi connectivity index (χ1) is 6.09. The van der Waals surface area contributed by atoms with Gasteiger partial charge in [0.15, 0.2) is 0 Å². The van der Waals surface area contributed by atoms with Crippen molar-refractivity contribution in [1.29, 1.82) is 0 Å². The fourth-order valence-corrected chi connectivity index (χ4v) is 2.64. The predicted molar refractivity (Wildman–Crippen MR) is 62.2 cm³/mol. The van der Waals surface area contributed by atoms with Gasteiger partial charge in [0.25, 0.3) is 0 Å². The van der Waals surface area contributed by atoms with Gasteiger partial charge in [-0.15, -0.1) is 0 Å². The highest BCUT2D eigenvalue weighted by Gasteiger charge is 2.18. The first-order valence-corrected chi connectivity index (χ1v) is 6.04. The van der Waals surface area contributed by atoms with Crippen LogP contribution in [-0.4, -0.2) is 10.2 Å². The minimum absolute atomic E-state index is 0.759. The molecule has 0 aromatic heterocycles. The van der Waals surface area contributed by atoms with E-state index in [1.165, 1.54) is 26.9 Å². The van der Waals surface area contributed by atoms with Crippen molar-refractivity contribution in [3.8, 4) is 0 Å². The van der Waals surface area contributed by atoms with Crippen LogP contribution in [0.25, 0.3) is 6.08 Å². The summed E-state index contributed by atoms with van der Waals surface area (Å²) in [5, 5.41) is 0. The van der Waals surface area contributed by atoms with Crippen LogP contribution < -0.4 is 0 Å². The van der Waals surface area contributed by atoms with Crippen LogP contribution in [0.1, 0.15) is 34.7 Å². The number of hydrogen-bond acceptors (Lipinski definition) is 0. The minimum atomic E-state index is 0.759. The molecule has 0 saturated carbocycles. The molecule has 68 valence electrons. The molecule has 0 N–H and O–H groups in total. The normalized spacial score (nSPS) is 20.2. The van der Waals surface area contributed by atoms with Crippen molar-refractivity contribution in [1.82, 2.24) is 0 Å². The van der Waals surface area contributed by atoms with E-state index < -0.39 is 0 Å². The molecule has 0 aliphatic heterocycles. The molecule has 0 amide bonds. The second kappa shape index (κ2) is 2.84. The highest BCUT2D eigenvalue weighted by Crippen LogP contribution is 2.34. The third-order valence-electron chi connectivity index (χ3n) is 3.23. The van der Waals surface area contributed by atoms with Gasteiger partial charge >= 0.3 is 0 Å². The molecule has 0 spiro atoms. The van der Waals surface area contributed by atoms with Crippen molar-refractivity contribution in [2.45, 2.75) is 26.3 Å². The molecule has 1 aliphatic carbocycles. The van der Waals surface area contributed by atoms with Gasteiger partial charge in [-0.25, -0.2) is 0 Å². The van der Waals surface area contributed by atoms with Crippen LogP contribution in [-0.2, 0) is 0 Å². The Balaban J connectivity index is 2.61. The summed E-state index contributed by atoms with van der Waals surface area (Å²) in [6, 6.07) is 4.70. The van der Waals surface area contributed by atoms with E-state index in [2.05, 4.69) is 39.0 Å². The van der Waals surface area contributed by atoms with Crippen LogP contribution in [0.3, 0.4) is 0 Å². The lowest BCUT2D eigenvalue weighted by Gasteiger charge is -2.09. The molecule has 1 aliphatic rings. The molecule has 1 heteroatoms. The molecule has 0 bridgehead atoms. The van der Waals surface area contributed by atoms with Crippen LogP contribution in [0.2, 0.25) is 0 Å². The predicted octanol–water partition coefficient (Wildman–Crippen LogP) is 2.13. The Bertz CT molecular complexity index is 388. The van der Waals surface area contributed by atoms with Gasteiger partial charge in [-0.1, -0.05) is 23.8 Å². The molecule has 1 atom stereocenters. The van der Waals surface area contributed by atoms with Crippen LogP contribution in [0.15, 0.2) is 17.7 Å². The van der Waals surface area contributed by atoms with Gasteiger partial charge in [-0.05, 0) is 48.6 Å². The summed E-state index contributed by atoms with van der Waals surface area (Å²) in [4.78, 5) is 0. The lowest BCUT2D eigenvalue weighted by Crippen LogP contribution is -1.96. The van der Waals surface area contributed by atoms with Crippen molar-refractivity contribution >= 4 is 16.3 Å². The third-order valence-corrected chi connectivity index (χ3v) is 4.76. The van der Waals surface area contributed by atoms with Gasteiger partial charge in [-0.2, -0.15) is 0 Å². The maximum absolute atomic E-state index is 2.37. The summed E-state index contributed by atoms with van der Waals surface area (Å²) in [5.74, 6) is 0. The van der Waals surface area contributed by atoms with Crippen molar-refractivity contribution in [3.63, 3.8) is 0 Å². The Morgan fingerprint density at radius 3 is 2.38 bits per heavy atom. The first-order valence-electron chi connectivity index (χ1n) is 4.89. The van der Waals surface area contributed by atoms with E-state index >= 15 is 0 Å². The van der Waals surface area contributed by atoms with Crippen LogP contribution in [0.4, 0.5) is 0 Å². The molecule has 0 heterocycles. The summed E-state index contributed by atoms with van der Waals surface area (Å²) >= 11 is 0. The minimum Gasteiger partial charge on any atom is -0.0689 e. The lowest BCUT2D eigenvalue weighted by atomic mass is 10.0. The van der Waals surface area contributed by atoms with Crippen LogP contribution >= 0.6 is 0 Å². The summed E-state index contributed by atoms with van der Waals surface area (Å²) in [5.41, 5.74) is 8.18. The molecule has 2 rings (SSSR count). The monoisotopic (exact) mass is 188 g/mol. The number of fused-ring (bicyclic) bond motifs is 1. The Labute approximate surface area is 83.1 Å². The molecule has 1 aromatic carbocycles. The van der Waals surface area contributed by atoms with Crippen LogP contribution in [0, 0.1) is 13.8 Å². The summed E-state index contributed by atoms with van der Waals surface area (Å²) in [6.07, 6.45) is 2.35. The van der Waals surface area contributed by atoms with Gasteiger partial charge in [0.05, 0.1) is 0 Å². The van der Waals surface area contributed by atoms with Crippen LogP contribution in [0.5, 0.6) is 0 Å². The molecule has 0 fully saturated rings. The largest absolute Gasteiger partial charge is 0.0689 e. The molecular formula is C12H16Si. The lowest BCUT2D eigenvalue weighted by molar-refractivity contribution is 1.13. The standard InChI is InChI=1S/C12H16Si/c1-7-4-10-5-9(3)12(13)11(10)6-8(7)2/h4-6,12H,1-3,13H3. The molecule has 0 radical (unpaired) electrons. The average molecular weight is 188 g/mol. The maximum atomic E-state index is 2.37. The van der Waals surface area contributed by atoms with E-state index in [0.29, 0.717) is 0 Å². The second-order valence-electron chi connectivity index (χ2n) is 4.18. The summed E-state index contributed by atoms with van der Waals surface area (Å²) in [6.45, 7) is 6.65. The van der Waals surface area contributed by atoms with E-state index in [1.54, 1.807) is 11.1 Å². The maximum Gasteiger partial charge on any atom is 0.0174 e. The quantitative estimate of drug-likeness (QED) is 0.547. The molecule has 1 unspecified atom stereocenters. The molecule has 0 saturated heterocycles. The van der Waals surface area contributed by atoms with Gasteiger partial charge in [-0.3, -0.25) is 0 Å². The topological polar surface area (TPSA) is 0 Å². The van der Waals surface area contributed by atoms with Gasteiger partial charge in [0.1, 0.15) is 0 Å². The smallest absolute Gasteiger partial charge is 0.0174 e. The summed E-state index contributed by atoms with van der Waals surface area (Å²) < 4.78 is 0. The number of hydrogen-bond donors (Lipinski definition) is 0. The van der Waals surface area contributed by atoms with Crippen molar-refractivity contribution < 1.29 is 0 Å². The van der Waals surface area contributed by atoms with Gasteiger partial charge in [0.2, 0.25) is 0 Å². The van der Waals surface area contributed by atoms with E-state index in [9.17, 15) is 0 Å². The Kier molecular flexibility index (Phi) is 1.92. The number of rotatable bonds is 0. The fraction of sp³-hybridized carbons (Fsp3) is 0.333. The zero-order valence-electron chi connectivity index (χ0n) is 8.81. The second-order valence-corrected chi connectivity index (χ2v) is 5.33. The van der Waals surface area contributed by atoms with E-state index in [-0.39, 0.29) is 0 Å². The Morgan fingerprint density at radius 1 is 1.08 bits per heavy atom. The van der Waals surface area contributed by atoms with Crippen molar-refractivity contribution in [2.24, 2.45) is 0 Å². The number of allylic oxidation sites excluding steroid dienone is 1. The zero-order valence-corrected chi connectivity index (χ0v) is 10.8. The SMILES string of the molecule is CC1=Cc2cc(C)c(C)cc2C1[SiH3]. The molecule has 0 nitrogen and oxygen atoms in total. The summed E-state index contributed by atoms with van der Waals surface area (Å²) in [7, 11) is 1.24. The van der Waals surface area contributed by atoms with E-state index in [0.717, 1.165) is 5.54 Å². The highest BCUT2D eigenvalue weighted by molar-refractivity contribution is 6.16.